The Morgan fingerprint density at radius 1 is 0.422 bits per heavy atom. The van der Waals surface area contributed by atoms with Crippen molar-refractivity contribution in [1.29, 1.82) is 0 Å². The van der Waals surface area contributed by atoms with Gasteiger partial charge < -0.3 is 4.90 Å². The molecule has 0 amide bonds. The number of rotatable bonds is 11. The van der Waals surface area contributed by atoms with Gasteiger partial charge >= 0.3 is 0 Å². The van der Waals surface area contributed by atoms with Crippen LogP contribution in [-0.4, -0.2) is 25.9 Å². The Balaban J connectivity index is 1.31. The number of benzene rings is 5. The molecular formula is C36H31NO6S2. The molecule has 9 heteroatoms. The molecule has 0 atom stereocenters. The maximum atomic E-state index is 11.1. The predicted octanol–water partition coefficient (Wildman–Crippen LogP) is 8.27. The smallest absolute Gasteiger partial charge is 0.269 e. The Morgan fingerprint density at radius 2 is 0.711 bits per heavy atom. The van der Waals surface area contributed by atoms with E-state index in [1.165, 1.54) is 0 Å². The van der Waals surface area contributed by atoms with E-state index < -0.39 is 31.7 Å². The van der Waals surface area contributed by atoms with Crippen molar-refractivity contribution in [1.82, 2.24) is 0 Å². The first-order chi connectivity index (χ1) is 21.5. The van der Waals surface area contributed by atoms with Gasteiger partial charge in [-0.3, -0.25) is 9.11 Å². The number of para-hydroxylation sites is 1. The van der Waals surface area contributed by atoms with Crippen molar-refractivity contribution in [2.24, 2.45) is 0 Å². The maximum Gasteiger partial charge on any atom is 0.269 e. The van der Waals surface area contributed by atoms with Crippen LogP contribution in [0.25, 0.3) is 24.3 Å². The largest absolute Gasteiger partial charge is 0.311 e. The summed E-state index contributed by atoms with van der Waals surface area (Å²) in [6, 6.07) is 40.4. The zero-order valence-electron chi connectivity index (χ0n) is 24.1. The first kappa shape index (κ1) is 31.6. The lowest BCUT2D eigenvalue weighted by atomic mass is 10.1. The predicted molar refractivity (Wildman–Crippen MR) is 182 cm³/mol. The molecule has 0 fully saturated rings. The highest BCUT2D eigenvalue weighted by Gasteiger charge is 2.12. The zero-order valence-corrected chi connectivity index (χ0v) is 25.8. The number of hydrogen-bond acceptors (Lipinski definition) is 5. The molecule has 0 aliphatic rings. The fourth-order valence-electron chi connectivity index (χ4n) is 4.75. The molecule has 0 bridgehead atoms. The summed E-state index contributed by atoms with van der Waals surface area (Å²) in [5, 5.41) is 0. The number of hydrogen-bond donors (Lipinski definition) is 2. The van der Waals surface area contributed by atoms with E-state index in [2.05, 4.69) is 41.3 Å². The summed E-state index contributed by atoms with van der Waals surface area (Å²) < 4.78 is 62.5. The molecule has 228 valence electrons. The van der Waals surface area contributed by atoms with Gasteiger partial charge in [-0.05, 0) is 69.8 Å². The fourth-order valence-corrected chi connectivity index (χ4v) is 5.98. The standard InChI is InChI=1S/C36H31NO6S2/c38-44(39,40)26-32-14-10-28(11-15-32)6-8-30-18-22-35(23-19-30)37(34-4-2-1-3-5-34)36-24-20-31(21-25-36)9-7-29-12-16-33(17-13-29)27-45(41,42)43/h1-25H,26-27H2,(H,38,39,40)(H,41,42,43). The maximum absolute atomic E-state index is 11.1. The highest BCUT2D eigenvalue weighted by Crippen LogP contribution is 2.34. The van der Waals surface area contributed by atoms with Crippen molar-refractivity contribution in [3.63, 3.8) is 0 Å². The molecule has 0 unspecified atom stereocenters. The molecule has 0 saturated carbocycles. The second-order valence-corrected chi connectivity index (χ2v) is 13.4. The highest BCUT2D eigenvalue weighted by atomic mass is 32.2. The Hall–Kier alpha value is -4.80. The summed E-state index contributed by atoms with van der Waals surface area (Å²) in [5.41, 5.74) is 7.85. The van der Waals surface area contributed by atoms with E-state index in [-0.39, 0.29) is 0 Å². The van der Waals surface area contributed by atoms with Crippen molar-refractivity contribution < 1.29 is 25.9 Å². The van der Waals surface area contributed by atoms with Crippen molar-refractivity contribution in [2.75, 3.05) is 4.90 Å². The van der Waals surface area contributed by atoms with E-state index in [9.17, 15) is 16.8 Å². The normalized spacial score (nSPS) is 12.1. The molecule has 45 heavy (non-hydrogen) atoms. The van der Waals surface area contributed by atoms with Gasteiger partial charge in [-0.1, -0.05) is 115 Å². The van der Waals surface area contributed by atoms with Crippen LogP contribution in [0.1, 0.15) is 33.4 Å². The Morgan fingerprint density at radius 3 is 1.02 bits per heavy atom. The lowest BCUT2D eigenvalue weighted by Gasteiger charge is -2.25. The van der Waals surface area contributed by atoms with Gasteiger partial charge in [0.1, 0.15) is 11.5 Å². The molecule has 0 aliphatic carbocycles. The van der Waals surface area contributed by atoms with Crippen LogP contribution < -0.4 is 4.90 Å². The summed E-state index contributed by atoms with van der Waals surface area (Å²) in [7, 11) is -8.13. The molecule has 0 heterocycles. The van der Waals surface area contributed by atoms with Crippen LogP contribution in [0.3, 0.4) is 0 Å². The third-order valence-electron chi connectivity index (χ3n) is 6.91. The molecule has 5 aromatic carbocycles. The molecule has 0 aliphatic heterocycles. The van der Waals surface area contributed by atoms with Crippen molar-refractivity contribution in [3.8, 4) is 0 Å². The van der Waals surface area contributed by atoms with Crippen LogP contribution in [0.5, 0.6) is 0 Å². The molecular weight excluding hydrogens is 607 g/mol. The minimum absolute atomic E-state index is 0.409. The number of anilines is 3. The van der Waals surface area contributed by atoms with Crippen LogP contribution >= 0.6 is 0 Å². The van der Waals surface area contributed by atoms with Crippen molar-refractivity contribution in [3.05, 3.63) is 161 Å². The summed E-state index contributed by atoms with van der Waals surface area (Å²) >= 11 is 0. The Kier molecular flexibility index (Phi) is 9.75. The molecule has 5 rings (SSSR count). The lowest BCUT2D eigenvalue weighted by molar-refractivity contribution is 0.479. The van der Waals surface area contributed by atoms with Crippen LogP contribution in [0.15, 0.2) is 127 Å². The molecule has 0 saturated heterocycles. The minimum Gasteiger partial charge on any atom is -0.311 e. The SMILES string of the molecule is O=S(=O)(O)Cc1ccc(C=Cc2ccc(N(c3ccccc3)c3ccc(C=Cc4ccc(CS(=O)(=O)O)cc4)cc3)cc2)cc1. The minimum atomic E-state index is -4.06. The molecule has 0 aromatic heterocycles. The zero-order chi connectivity index (χ0) is 31.9. The molecule has 0 radical (unpaired) electrons. The van der Waals surface area contributed by atoms with Crippen molar-refractivity contribution in [2.45, 2.75) is 11.5 Å². The summed E-state index contributed by atoms with van der Waals surface area (Å²) in [5.74, 6) is -0.817. The van der Waals surface area contributed by atoms with Crippen LogP contribution in [-0.2, 0) is 31.7 Å². The van der Waals surface area contributed by atoms with Gasteiger partial charge in [-0.2, -0.15) is 16.8 Å². The average molecular weight is 638 g/mol. The lowest BCUT2D eigenvalue weighted by Crippen LogP contribution is -2.09. The quantitative estimate of drug-likeness (QED) is 0.111. The monoisotopic (exact) mass is 637 g/mol. The first-order valence-electron chi connectivity index (χ1n) is 14.0. The fraction of sp³-hybridized carbons (Fsp3) is 0.0556. The second kappa shape index (κ2) is 13.9. The molecule has 0 spiro atoms. The van der Waals surface area contributed by atoms with Gasteiger partial charge in [0.25, 0.3) is 20.2 Å². The Labute approximate surface area is 263 Å². The van der Waals surface area contributed by atoms with Crippen LogP contribution in [0.2, 0.25) is 0 Å². The average Bonchev–Trinajstić information content (AvgIpc) is 3.01. The van der Waals surface area contributed by atoms with Gasteiger partial charge in [-0.25, -0.2) is 0 Å². The topological polar surface area (TPSA) is 112 Å². The van der Waals surface area contributed by atoms with E-state index in [1.807, 2.05) is 91.0 Å². The third kappa shape index (κ3) is 9.59. The summed E-state index contributed by atoms with van der Waals surface area (Å²) in [6.07, 6.45) is 7.86. The molecule has 2 N–H and O–H groups in total. The van der Waals surface area contributed by atoms with Crippen molar-refractivity contribution >= 4 is 61.6 Å². The summed E-state index contributed by atoms with van der Waals surface area (Å²) in [6.45, 7) is 0. The van der Waals surface area contributed by atoms with Crippen LogP contribution in [0, 0.1) is 0 Å². The van der Waals surface area contributed by atoms with E-state index in [4.69, 9.17) is 9.11 Å². The van der Waals surface area contributed by atoms with E-state index in [0.29, 0.717) is 11.1 Å². The summed E-state index contributed by atoms with van der Waals surface area (Å²) in [4.78, 5) is 2.17. The van der Waals surface area contributed by atoms with E-state index >= 15 is 0 Å². The molecule has 7 nitrogen and oxygen atoms in total. The Bertz CT molecular complexity index is 1870. The van der Waals surface area contributed by atoms with Crippen LogP contribution in [0.4, 0.5) is 17.1 Å². The number of nitrogens with zero attached hydrogens (tertiary/aromatic N) is 1. The van der Waals surface area contributed by atoms with Gasteiger partial charge in [-0.15, -0.1) is 0 Å². The van der Waals surface area contributed by atoms with Gasteiger partial charge in [0.15, 0.2) is 0 Å². The van der Waals surface area contributed by atoms with E-state index in [1.54, 1.807) is 24.3 Å². The van der Waals surface area contributed by atoms with Gasteiger partial charge in [0.2, 0.25) is 0 Å². The first-order valence-corrected chi connectivity index (χ1v) is 17.2. The highest BCUT2D eigenvalue weighted by molar-refractivity contribution is 7.85. The third-order valence-corrected chi connectivity index (χ3v) is 8.31. The van der Waals surface area contributed by atoms with E-state index in [0.717, 1.165) is 39.3 Å². The van der Waals surface area contributed by atoms with Gasteiger partial charge in [0.05, 0.1) is 0 Å². The molecule has 5 aromatic rings. The second-order valence-electron chi connectivity index (χ2n) is 10.5. The van der Waals surface area contributed by atoms with Gasteiger partial charge in [0, 0.05) is 17.1 Å².